The van der Waals surface area contributed by atoms with E-state index in [1.165, 1.54) is 6.92 Å². The van der Waals surface area contributed by atoms with Crippen LogP contribution in [-0.2, 0) is 16.0 Å². The smallest absolute Gasteiger partial charge is 0.315 e. The first kappa shape index (κ1) is 21.9. The van der Waals surface area contributed by atoms with E-state index in [-0.39, 0.29) is 18.4 Å². The predicted octanol–water partition coefficient (Wildman–Crippen LogP) is 3.05. The van der Waals surface area contributed by atoms with Crippen molar-refractivity contribution in [2.24, 2.45) is 0 Å². The van der Waals surface area contributed by atoms with Crippen LogP contribution in [0.1, 0.15) is 29.2 Å². The maximum Gasteiger partial charge on any atom is 0.315 e. The summed E-state index contributed by atoms with van der Waals surface area (Å²) < 4.78 is 0. The molecule has 0 aliphatic heterocycles. The molecule has 0 spiro atoms. The molecule has 0 aromatic heterocycles. The molecule has 0 saturated heterocycles. The first-order chi connectivity index (χ1) is 13.7. The van der Waals surface area contributed by atoms with Gasteiger partial charge in [0.15, 0.2) is 0 Å². The maximum atomic E-state index is 12.1. The Morgan fingerprint density at radius 1 is 0.862 bits per heavy atom. The van der Waals surface area contributed by atoms with Gasteiger partial charge in [0.2, 0.25) is 11.8 Å². The van der Waals surface area contributed by atoms with Crippen molar-refractivity contribution in [3.8, 4) is 0 Å². The summed E-state index contributed by atoms with van der Waals surface area (Å²) in [4.78, 5) is 35.0. The second-order valence-corrected chi connectivity index (χ2v) is 7.06. The molecule has 4 amide bonds. The molecule has 154 valence electrons. The number of aryl methyl sites for hydroxylation is 3. The average Bonchev–Trinajstić information content (AvgIpc) is 2.64. The summed E-state index contributed by atoms with van der Waals surface area (Å²) in [6.45, 7) is 7.68. The molecule has 0 aliphatic rings. The summed E-state index contributed by atoms with van der Waals surface area (Å²) >= 11 is 0. The minimum absolute atomic E-state index is 0.107. The van der Waals surface area contributed by atoms with Crippen LogP contribution in [0.25, 0.3) is 0 Å². The molecule has 7 nitrogen and oxygen atoms in total. The van der Waals surface area contributed by atoms with Crippen molar-refractivity contribution in [1.29, 1.82) is 0 Å². The van der Waals surface area contributed by atoms with Gasteiger partial charge in [-0.15, -0.1) is 0 Å². The first-order valence-corrected chi connectivity index (χ1v) is 9.50. The number of benzene rings is 2. The second-order valence-electron chi connectivity index (χ2n) is 7.06. The molecule has 0 heterocycles. The highest BCUT2D eigenvalue weighted by atomic mass is 16.2. The lowest BCUT2D eigenvalue weighted by Crippen LogP contribution is -2.40. The standard InChI is InChI=1S/C22H28N4O3/c1-14-11-15(2)21(16(3)12-14)26-20(28)13-24-22(29)23-10-9-18-5-7-19(8-6-18)25-17(4)27/h5-8,11-12H,9-10,13H2,1-4H3,(H,25,27)(H,26,28)(H2,23,24,29). The largest absolute Gasteiger partial charge is 0.338 e. The summed E-state index contributed by atoms with van der Waals surface area (Å²) in [6.07, 6.45) is 0.641. The first-order valence-electron chi connectivity index (χ1n) is 9.50. The molecule has 0 unspecified atom stereocenters. The molecule has 29 heavy (non-hydrogen) atoms. The van der Waals surface area contributed by atoms with Crippen molar-refractivity contribution >= 4 is 29.2 Å². The van der Waals surface area contributed by atoms with E-state index in [2.05, 4.69) is 21.3 Å². The fraction of sp³-hybridized carbons (Fsp3) is 0.318. The number of nitrogens with one attached hydrogen (secondary N) is 4. The Balaban J connectivity index is 1.72. The third kappa shape index (κ3) is 7.29. The number of hydrogen-bond donors (Lipinski definition) is 4. The minimum Gasteiger partial charge on any atom is -0.338 e. The van der Waals surface area contributed by atoms with Gasteiger partial charge < -0.3 is 21.3 Å². The minimum atomic E-state index is -0.396. The van der Waals surface area contributed by atoms with Crippen LogP contribution in [0.4, 0.5) is 16.2 Å². The van der Waals surface area contributed by atoms with E-state index < -0.39 is 6.03 Å². The van der Waals surface area contributed by atoms with Gasteiger partial charge >= 0.3 is 6.03 Å². The topological polar surface area (TPSA) is 99.3 Å². The summed E-state index contributed by atoms with van der Waals surface area (Å²) in [5.41, 5.74) is 5.67. The van der Waals surface area contributed by atoms with Crippen LogP contribution in [0.15, 0.2) is 36.4 Å². The van der Waals surface area contributed by atoms with Crippen molar-refractivity contribution in [3.05, 3.63) is 58.7 Å². The second kappa shape index (κ2) is 10.3. The van der Waals surface area contributed by atoms with Crippen LogP contribution in [0.5, 0.6) is 0 Å². The van der Waals surface area contributed by atoms with Crippen LogP contribution in [0.2, 0.25) is 0 Å². The van der Waals surface area contributed by atoms with E-state index in [0.717, 1.165) is 33.6 Å². The van der Waals surface area contributed by atoms with Crippen LogP contribution in [0, 0.1) is 20.8 Å². The van der Waals surface area contributed by atoms with Gasteiger partial charge in [-0.05, 0) is 56.0 Å². The Bertz CT molecular complexity index is 868. The van der Waals surface area contributed by atoms with Crippen molar-refractivity contribution in [2.75, 3.05) is 23.7 Å². The highest BCUT2D eigenvalue weighted by Gasteiger charge is 2.09. The lowest BCUT2D eigenvalue weighted by Gasteiger charge is -2.13. The monoisotopic (exact) mass is 396 g/mol. The Kier molecular flexibility index (Phi) is 7.77. The van der Waals surface area contributed by atoms with E-state index in [4.69, 9.17) is 0 Å². The van der Waals surface area contributed by atoms with E-state index in [1.807, 2.05) is 57.2 Å². The number of amides is 4. The lowest BCUT2D eigenvalue weighted by molar-refractivity contribution is -0.115. The van der Waals surface area contributed by atoms with E-state index in [9.17, 15) is 14.4 Å². The molecule has 4 N–H and O–H groups in total. The zero-order valence-corrected chi connectivity index (χ0v) is 17.3. The van der Waals surface area contributed by atoms with Gasteiger partial charge in [-0.1, -0.05) is 29.8 Å². The quantitative estimate of drug-likeness (QED) is 0.579. The lowest BCUT2D eigenvalue weighted by atomic mass is 10.1. The number of hydrogen-bond acceptors (Lipinski definition) is 3. The molecule has 0 saturated carbocycles. The number of carbonyl (C=O) groups excluding carboxylic acids is 3. The molecular formula is C22H28N4O3. The summed E-state index contributed by atoms with van der Waals surface area (Å²) in [7, 11) is 0. The third-order valence-corrected chi connectivity index (χ3v) is 4.32. The zero-order chi connectivity index (χ0) is 21.4. The Morgan fingerprint density at radius 2 is 1.48 bits per heavy atom. The fourth-order valence-electron chi connectivity index (χ4n) is 3.06. The average molecular weight is 396 g/mol. The molecule has 2 aromatic rings. The van der Waals surface area contributed by atoms with Gasteiger partial charge in [0.1, 0.15) is 0 Å². The molecule has 0 atom stereocenters. The number of urea groups is 1. The van der Waals surface area contributed by atoms with Crippen LogP contribution in [-0.4, -0.2) is 30.9 Å². The highest BCUT2D eigenvalue weighted by Crippen LogP contribution is 2.21. The molecule has 7 heteroatoms. The zero-order valence-electron chi connectivity index (χ0n) is 17.3. The molecule has 2 rings (SSSR count). The number of rotatable bonds is 7. The van der Waals surface area contributed by atoms with E-state index >= 15 is 0 Å². The normalized spacial score (nSPS) is 10.2. The SMILES string of the molecule is CC(=O)Nc1ccc(CCNC(=O)NCC(=O)Nc2c(C)cc(C)cc2C)cc1. The Labute approximate surface area is 171 Å². The van der Waals surface area contributed by atoms with Gasteiger partial charge in [0.25, 0.3) is 0 Å². The fourth-order valence-corrected chi connectivity index (χ4v) is 3.06. The van der Waals surface area contributed by atoms with Gasteiger partial charge in [0.05, 0.1) is 6.54 Å². The number of carbonyl (C=O) groups is 3. The van der Waals surface area contributed by atoms with Gasteiger partial charge in [-0.3, -0.25) is 9.59 Å². The molecular weight excluding hydrogens is 368 g/mol. The van der Waals surface area contributed by atoms with Crippen molar-refractivity contribution in [3.63, 3.8) is 0 Å². The predicted molar refractivity (Wildman–Crippen MR) is 115 cm³/mol. The van der Waals surface area contributed by atoms with Crippen LogP contribution in [0.3, 0.4) is 0 Å². The van der Waals surface area contributed by atoms with Crippen molar-refractivity contribution in [1.82, 2.24) is 10.6 Å². The van der Waals surface area contributed by atoms with E-state index in [0.29, 0.717) is 13.0 Å². The van der Waals surface area contributed by atoms with Crippen LogP contribution >= 0.6 is 0 Å². The van der Waals surface area contributed by atoms with Gasteiger partial charge in [-0.2, -0.15) is 0 Å². The van der Waals surface area contributed by atoms with E-state index in [1.54, 1.807) is 0 Å². The molecule has 0 radical (unpaired) electrons. The molecule has 0 fully saturated rings. The van der Waals surface area contributed by atoms with Crippen LogP contribution < -0.4 is 21.3 Å². The Hall–Kier alpha value is -3.35. The summed E-state index contributed by atoms with van der Waals surface area (Å²) in [5, 5.41) is 10.8. The van der Waals surface area contributed by atoms with Crippen molar-refractivity contribution < 1.29 is 14.4 Å². The maximum absolute atomic E-state index is 12.1. The summed E-state index contributed by atoms with van der Waals surface area (Å²) in [6, 6.07) is 11.0. The van der Waals surface area contributed by atoms with Gasteiger partial charge in [-0.25, -0.2) is 4.79 Å². The van der Waals surface area contributed by atoms with Crippen molar-refractivity contribution in [2.45, 2.75) is 34.1 Å². The summed E-state index contributed by atoms with van der Waals surface area (Å²) in [5.74, 6) is -0.392. The molecule has 0 bridgehead atoms. The number of anilines is 2. The Morgan fingerprint density at radius 3 is 2.07 bits per heavy atom. The molecule has 0 aliphatic carbocycles. The highest BCUT2D eigenvalue weighted by molar-refractivity contribution is 5.95. The molecule has 2 aromatic carbocycles. The third-order valence-electron chi connectivity index (χ3n) is 4.32. The van der Waals surface area contributed by atoms with Gasteiger partial charge in [0, 0.05) is 24.8 Å².